The Hall–Kier alpha value is -2.81. The van der Waals surface area contributed by atoms with Gasteiger partial charge in [-0.25, -0.2) is 4.57 Å². The van der Waals surface area contributed by atoms with Crippen molar-refractivity contribution in [1.82, 2.24) is 5.32 Å². The molecule has 3 atom stereocenters. The van der Waals surface area contributed by atoms with E-state index in [1.54, 1.807) is 0 Å². The average molecular weight is 1000 g/mol. The minimum absolute atomic E-state index is 0.0281. The Labute approximate surface area is 431 Å². The number of quaternary nitrogens is 1. The zero-order chi connectivity index (χ0) is 51.5. The molecule has 0 aliphatic carbocycles. The summed E-state index contributed by atoms with van der Waals surface area (Å²) in [7, 11) is 1.46. The molecule has 3 unspecified atom stereocenters. The van der Waals surface area contributed by atoms with Gasteiger partial charge in [0.2, 0.25) is 5.91 Å². The zero-order valence-corrected chi connectivity index (χ0v) is 46.9. The molecule has 0 saturated heterocycles. The monoisotopic (exact) mass is 1000 g/mol. The summed E-state index contributed by atoms with van der Waals surface area (Å²) in [6, 6.07) is -0.872. The minimum Gasteiger partial charge on any atom is -0.456 e. The fourth-order valence-corrected chi connectivity index (χ4v) is 8.40. The quantitative estimate of drug-likeness (QED) is 0.0205. The highest BCUT2D eigenvalue weighted by atomic mass is 31.2. The van der Waals surface area contributed by atoms with Crippen molar-refractivity contribution in [2.75, 3.05) is 40.9 Å². The zero-order valence-electron chi connectivity index (χ0n) is 46.0. The van der Waals surface area contributed by atoms with Gasteiger partial charge >= 0.3 is 13.8 Å². The van der Waals surface area contributed by atoms with E-state index in [2.05, 4.69) is 99.0 Å². The van der Waals surface area contributed by atoms with Crippen LogP contribution in [0, 0.1) is 0 Å². The highest BCUT2D eigenvalue weighted by Gasteiger charge is 2.30. The van der Waals surface area contributed by atoms with Crippen molar-refractivity contribution in [1.29, 1.82) is 0 Å². The molecule has 0 radical (unpaired) electrons. The van der Waals surface area contributed by atoms with Crippen molar-refractivity contribution in [2.45, 2.75) is 245 Å². The van der Waals surface area contributed by atoms with Crippen molar-refractivity contribution in [3.05, 3.63) is 85.1 Å². The Balaban J connectivity index is 5.46. The van der Waals surface area contributed by atoms with Crippen molar-refractivity contribution < 1.29 is 37.3 Å². The fourth-order valence-electron chi connectivity index (χ4n) is 7.67. The third kappa shape index (κ3) is 50.1. The lowest BCUT2D eigenvalue weighted by Gasteiger charge is -2.27. The summed E-state index contributed by atoms with van der Waals surface area (Å²) in [6.45, 7) is 6.82. The van der Waals surface area contributed by atoms with Crippen LogP contribution in [0.1, 0.15) is 233 Å². The van der Waals surface area contributed by atoms with Crippen LogP contribution in [0.2, 0.25) is 0 Å². The third-order valence-electron chi connectivity index (χ3n) is 12.1. The average Bonchev–Trinajstić information content (AvgIpc) is 3.32. The molecule has 0 spiro atoms. The largest absolute Gasteiger partial charge is 0.472 e. The highest BCUT2D eigenvalue weighted by molar-refractivity contribution is 7.47. The molecule has 0 saturated carbocycles. The first kappa shape index (κ1) is 67.2. The molecule has 2 N–H and O–H groups in total. The van der Waals surface area contributed by atoms with Crippen molar-refractivity contribution in [3.63, 3.8) is 0 Å². The van der Waals surface area contributed by atoms with E-state index in [1.807, 2.05) is 33.3 Å². The lowest BCUT2D eigenvalue weighted by molar-refractivity contribution is -0.870. The van der Waals surface area contributed by atoms with Gasteiger partial charge in [0, 0.05) is 12.8 Å². The van der Waals surface area contributed by atoms with Gasteiger partial charge in [-0.2, -0.15) is 0 Å². The van der Waals surface area contributed by atoms with E-state index >= 15 is 0 Å². The van der Waals surface area contributed by atoms with E-state index < -0.39 is 20.0 Å². The second-order valence-corrected chi connectivity index (χ2v) is 21.5. The van der Waals surface area contributed by atoms with E-state index in [-0.39, 0.29) is 31.5 Å². The van der Waals surface area contributed by atoms with Gasteiger partial charge in [-0.05, 0) is 102 Å². The molecule has 0 aromatic carbocycles. The van der Waals surface area contributed by atoms with E-state index in [4.69, 9.17) is 13.8 Å². The van der Waals surface area contributed by atoms with Crippen LogP contribution in [0.3, 0.4) is 0 Å². The summed E-state index contributed by atoms with van der Waals surface area (Å²) in [4.78, 5) is 37.6. The van der Waals surface area contributed by atoms with Crippen molar-refractivity contribution in [3.8, 4) is 0 Å². The van der Waals surface area contributed by atoms with Crippen LogP contribution in [0.4, 0.5) is 0 Å². The van der Waals surface area contributed by atoms with Crippen LogP contribution in [0.5, 0.6) is 0 Å². The topological polar surface area (TPSA) is 111 Å². The molecule has 0 aliphatic heterocycles. The number of ether oxygens (including phenoxy) is 1. The molecular formula is C60H108N2O7P+. The molecule has 1 amide bonds. The van der Waals surface area contributed by atoms with Crippen LogP contribution in [-0.2, 0) is 27.9 Å². The number of phosphoric ester groups is 1. The summed E-state index contributed by atoms with van der Waals surface area (Å²) in [5.41, 5.74) is 0. The molecule has 10 heteroatoms. The Morgan fingerprint density at radius 3 is 1.40 bits per heavy atom. The lowest BCUT2D eigenvalue weighted by Crippen LogP contribution is -2.47. The molecule has 0 aliphatic rings. The Morgan fingerprint density at radius 2 is 0.914 bits per heavy atom. The molecule has 70 heavy (non-hydrogen) atoms. The van der Waals surface area contributed by atoms with Gasteiger partial charge in [0.1, 0.15) is 19.3 Å². The number of unbranched alkanes of at least 4 members (excludes halogenated alkanes) is 22. The number of nitrogens with one attached hydrogen (secondary N) is 1. The number of carbonyl (C=O) groups is 2. The molecule has 0 rings (SSSR count). The summed E-state index contributed by atoms with van der Waals surface area (Å²) >= 11 is 0. The van der Waals surface area contributed by atoms with Gasteiger partial charge in [0.15, 0.2) is 0 Å². The lowest BCUT2D eigenvalue weighted by atomic mass is 10.0. The van der Waals surface area contributed by atoms with Crippen LogP contribution in [-0.4, -0.2) is 74.3 Å². The first-order valence-electron chi connectivity index (χ1n) is 28.4. The van der Waals surface area contributed by atoms with E-state index in [1.165, 1.54) is 83.5 Å². The Kier molecular flexibility index (Phi) is 47.8. The summed E-state index contributed by atoms with van der Waals surface area (Å²) in [5.74, 6) is -0.561. The number of allylic oxidation sites excluding steroid dienone is 13. The predicted molar refractivity (Wildman–Crippen MR) is 300 cm³/mol. The smallest absolute Gasteiger partial charge is 0.456 e. The van der Waals surface area contributed by atoms with Crippen molar-refractivity contribution >= 4 is 19.7 Å². The number of nitrogens with zero attached hydrogens (tertiary/aromatic N) is 1. The summed E-state index contributed by atoms with van der Waals surface area (Å²) in [5, 5.41) is 3.03. The molecule has 0 aromatic rings. The van der Waals surface area contributed by atoms with Gasteiger partial charge in [0.25, 0.3) is 0 Å². The Morgan fingerprint density at radius 1 is 0.514 bits per heavy atom. The predicted octanol–water partition coefficient (Wildman–Crippen LogP) is 17.0. The van der Waals surface area contributed by atoms with Crippen LogP contribution < -0.4 is 5.32 Å². The standard InChI is InChI=1S/C60H107N2O7P/c1-7-10-13-16-19-22-25-28-30-31-32-35-38-41-44-47-50-53-60(64)69-58(51-48-45-42-39-36-33-27-24-21-18-15-12-9-3)57(56-68-70(65,66)67-55-54-62(4,5)6)61-59(63)52-49-46-43-40-37-34-29-26-23-20-17-14-11-8-2/h11,14,19-20,22-23,28-30,32,34-35,48,51,57-58H,7-10,12-13,15-18,21,24-27,31,33,36-47,49-50,52-56H2,1-6H3,(H-,61,63,65,66)/p+1/b14-11+,22-19-,23-20+,30-28-,34-29+,35-32-,51-48+. The van der Waals surface area contributed by atoms with Crippen molar-refractivity contribution in [2.24, 2.45) is 0 Å². The number of amides is 1. The number of likely N-dealkylation sites (N-methyl/N-ethyl adjacent to an activating group) is 1. The SMILES string of the molecule is CC/C=C/C/C=C/C/C=C/CCCCCCC(=O)NC(COP(=O)(O)OCC[N+](C)(C)C)C(/C=C/CCCCCCCCCCCCC)OC(=O)CCCCCC/C=C\C/C=C\C/C=C\CCCCC. The maximum atomic E-state index is 13.5. The minimum atomic E-state index is -4.46. The van der Waals surface area contributed by atoms with Crippen LogP contribution >= 0.6 is 7.82 Å². The maximum absolute atomic E-state index is 13.5. The fraction of sp³-hybridized carbons (Fsp3) is 0.733. The van der Waals surface area contributed by atoms with Gasteiger partial charge in [-0.1, -0.05) is 202 Å². The van der Waals surface area contributed by atoms with E-state index in [0.717, 1.165) is 103 Å². The first-order valence-corrected chi connectivity index (χ1v) is 29.9. The van der Waals surface area contributed by atoms with E-state index in [9.17, 15) is 19.0 Å². The van der Waals surface area contributed by atoms with Gasteiger partial charge in [-0.15, -0.1) is 0 Å². The molecule has 0 fully saturated rings. The number of rotatable bonds is 50. The number of hydrogen-bond acceptors (Lipinski definition) is 6. The molecule has 9 nitrogen and oxygen atoms in total. The van der Waals surface area contributed by atoms with Gasteiger partial charge in [-0.3, -0.25) is 18.6 Å². The summed E-state index contributed by atoms with van der Waals surface area (Å²) < 4.78 is 30.6. The van der Waals surface area contributed by atoms with Gasteiger partial charge < -0.3 is 19.4 Å². The highest BCUT2D eigenvalue weighted by Crippen LogP contribution is 2.43. The number of esters is 1. The van der Waals surface area contributed by atoms with Crippen LogP contribution in [0.15, 0.2) is 85.1 Å². The molecule has 0 aromatic heterocycles. The number of hydrogen-bond donors (Lipinski definition) is 2. The normalized spacial score (nSPS) is 14.4. The molecule has 0 bridgehead atoms. The molecule has 404 valence electrons. The van der Waals surface area contributed by atoms with Crippen LogP contribution in [0.25, 0.3) is 0 Å². The first-order chi connectivity index (χ1) is 33.9. The number of phosphoric acid groups is 1. The third-order valence-corrected chi connectivity index (χ3v) is 13.1. The van der Waals surface area contributed by atoms with Gasteiger partial charge in [0.05, 0.1) is 33.8 Å². The Bertz CT molecular complexity index is 1480. The van der Waals surface area contributed by atoms with E-state index in [0.29, 0.717) is 30.3 Å². The molecule has 0 heterocycles. The maximum Gasteiger partial charge on any atom is 0.472 e. The second kappa shape index (κ2) is 49.8. The number of carbonyl (C=O) groups excluding carboxylic acids is 2. The second-order valence-electron chi connectivity index (χ2n) is 20.1. The molecular weight excluding hydrogens is 892 g/mol. The summed E-state index contributed by atoms with van der Waals surface area (Å²) in [6.07, 6.45) is 64.3.